The summed E-state index contributed by atoms with van der Waals surface area (Å²) in [6.45, 7) is -0.128. The number of hydrogen-bond donors (Lipinski definition) is 2. The van der Waals surface area contributed by atoms with Gasteiger partial charge in [0.1, 0.15) is 0 Å². The molecule has 0 fully saturated rings. The Kier molecular flexibility index (Phi) is 5.08. The molecular formula is C17H16N2O2. The molecule has 1 amide bonds. The van der Waals surface area contributed by atoms with Gasteiger partial charge in [-0.1, -0.05) is 30.3 Å². The summed E-state index contributed by atoms with van der Waals surface area (Å²) in [4.78, 5) is 12.1. The molecule has 0 saturated heterocycles. The number of benzene rings is 2. The van der Waals surface area contributed by atoms with E-state index in [9.17, 15) is 9.90 Å². The van der Waals surface area contributed by atoms with E-state index in [-0.39, 0.29) is 18.6 Å². The van der Waals surface area contributed by atoms with E-state index in [0.717, 1.165) is 5.56 Å². The van der Waals surface area contributed by atoms with Crippen LogP contribution in [0.4, 0.5) is 0 Å². The molecule has 21 heavy (non-hydrogen) atoms. The Bertz CT molecular complexity index is 630. The van der Waals surface area contributed by atoms with Crippen LogP contribution in [-0.2, 0) is 6.42 Å². The van der Waals surface area contributed by atoms with Crippen molar-refractivity contribution in [2.24, 2.45) is 0 Å². The van der Waals surface area contributed by atoms with Crippen molar-refractivity contribution >= 4 is 5.91 Å². The molecule has 2 aromatic carbocycles. The van der Waals surface area contributed by atoms with Crippen molar-refractivity contribution in [1.82, 2.24) is 5.32 Å². The molecule has 0 aliphatic carbocycles. The lowest BCUT2D eigenvalue weighted by atomic mass is 10.1. The molecule has 0 heterocycles. The monoisotopic (exact) mass is 280 g/mol. The first-order chi connectivity index (χ1) is 10.2. The van der Waals surface area contributed by atoms with Gasteiger partial charge in [0.25, 0.3) is 5.91 Å². The summed E-state index contributed by atoms with van der Waals surface area (Å²) in [6, 6.07) is 17.7. The second-order valence-electron chi connectivity index (χ2n) is 4.73. The summed E-state index contributed by atoms with van der Waals surface area (Å²) in [5.74, 6) is -0.255. The number of amides is 1. The normalized spacial score (nSPS) is 11.4. The van der Waals surface area contributed by atoms with Gasteiger partial charge in [0, 0.05) is 5.56 Å². The van der Waals surface area contributed by atoms with E-state index < -0.39 is 0 Å². The number of hydrogen-bond acceptors (Lipinski definition) is 3. The SMILES string of the molecule is N#Cc1ccc(C(=O)NC(CO)Cc2ccccc2)cc1. The van der Waals surface area contributed by atoms with Crippen molar-refractivity contribution in [3.63, 3.8) is 0 Å². The fourth-order valence-electron chi connectivity index (χ4n) is 2.02. The van der Waals surface area contributed by atoms with E-state index in [1.807, 2.05) is 36.4 Å². The second kappa shape index (κ2) is 7.22. The Morgan fingerprint density at radius 1 is 1.14 bits per heavy atom. The second-order valence-corrected chi connectivity index (χ2v) is 4.73. The molecule has 0 aromatic heterocycles. The topological polar surface area (TPSA) is 73.1 Å². The fourth-order valence-corrected chi connectivity index (χ4v) is 2.02. The van der Waals surface area contributed by atoms with Gasteiger partial charge in [0.2, 0.25) is 0 Å². The van der Waals surface area contributed by atoms with Crippen LogP contribution in [0.3, 0.4) is 0 Å². The van der Waals surface area contributed by atoms with Gasteiger partial charge in [0.15, 0.2) is 0 Å². The maximum Gasteiger partial charge on any atom is 0.251 e. The molecule has 2 N–H and O–H groups in total. The molecule has 0 aliphatic heterocycles. The van der Waals surface area contributed by atoms with Gasteiger partial charge in [0.05, 0.1) is 24.3 Å². The van der Waals surface area contributed by atoms with Gasteiger partial charge >= 0.3 is 0 Å². The first kappa shape index (κ1) is 14.8. The van der Waals surface area contributed by atoms with Gasteiger partial charge in [-0.3, -0.25) is 4.79 Å². The van der Waals surface area contributed by atoms with Crippen molar-refractivity contribution in [2.45, 2.75) is 12.5 Å². The van der Waals surface area contributed by atoms with Crippen LogP contribution in [0.15, 0.2) is 54.6 Å². The van der Waals surface area contributed by atoms with Crippen LogP contribution in [0, 0.1) is 11.3 Å². The lowest BCUT2D eigenvalue weighted by molar-refractivity contribution is 0.0916. The summed E-state index contributed by atoms with van der Waals surface area (Å²) in [5, 5.41) is 20.9. The van der Waals surface area contributed by atoms with E-state index in [0.29, 0.717) is 17.5 Å². The van der Waals surface area contributed by atoms with Gasteiger partial charge in [-0.15, -0.1) is 0 Å². The molecule has 106 valence electrons. The van der Waals surface area contributed by atoms with Crippen molar-refractivity contribution in [2.75, 3.05) is 6.61 Å². The predicted octanol–water partition coefficient (Wildman–Crippen LogP) is 1.89. The van der Waals surface area contributed by atoms with E-state index >= 15 is 0 Å². The van der Waals surface area contributed by atoms with Crippen LogP contribution in [0.25, 0.3) is 0 Å². The largest absolute Gasteiger partial charge is 0.394 e. The quantitative estimate of drug-likeness (QED) is 0.878. The highest BCUT2D eigenvalue weighted by Crippen LogP contribution is 2.06. The number of carbonyl (C=O) groups excluding carboxylic acids is 1. The number of nitriles is 1. The lowest BCUT2D eigenvalue weighted by Gasteiger charge is -2.16. The van der Waals surface area contributed by atoms with Crippen molar-refractivity contribution in [3.05, 3.63) is 71.3 Å². The smallest absolute Gasteiger partial charge is 0.251 e. The van der Waals surface area contributed by atoms with Gasteiger partial charge in [-0.05, 0) is 36.2 Å². The molecule has 4 heteroatoms. The molecule has 1 unspecified atom stereocenters. The first-order valence-electron chi connectivity index (χ1n) is 6.68. The molecule has 2 aromatic rings. The Morgan fingerprint density at radius 3 is 2.38 bits per heavy atom. The van der Waals surface area contributed by atoms with Gasteiger partial charge in [-0.2, -0.15) is 5.26 Å². The molecule has 0 spiro atoms. The van der Waals surface area contributed by atoms with Crippen LogP contribution in [0.5, 0.6) is 0 Å². The number of rotatable bonds is 5. The minimum absolute atomic E-state index is 0.128. The summed E-state index contributed by atoms with van der Waals surface area (Å²) >= 11 is 0. The third kappa shape index (κ3) is 4.16. The Morgan fingerprint density at radius 2 is 1.81 bits per heavy atom. The minimum Gasteiger partial charge on any atom is -0.394 e. The third-order valence-corrected chi connectivity index (χ3v) is 3.16. The predicted molar refractivity (Wildman–Crippen MR) is 79.6 cm³/mol. The summed E-state index contributed by atoms with van der Waals surface area (Å²) in [6.07, 6.45) is 0.569. The van der Waals surface area contributed by atoms with E-state index in [2.05, 4.69) is 5.32 Å². The highest BCUT2D eigenvalue weighted by Gasteiger charge is 2.13. The van der Waals surface area contributed by atoms with Crippen LogP contribution < -0.4 is 5.32 Å². The van der Waals surface area contributed by atoms with Crippen LogP contribution in [0.2, 0.25) is 0 Å². The molecule has 4 nitrogen and oxygen atoms in total. The highest BCUT2D eigenvalue weighted by atomic mass is 16.3. The number of carbonyl (C=O) groups is 1. The highest BCUT2D eigenvalue weighted by molar-refractivity contribution is 5.94. The van der Waals surface area contributed by atoms with Crippen LogP contribution in [0.1, 0.15) is 21.5 Å². The first-order valence-corrected chi connectivity index (χ1v) is 6.68. The standard InChI is InChI=1S/C17H16N2O2/c18-11-14-6-8-15(9-7-14)17(21)19-16(12-20)10-13-4-2-1-3-5-13/h1-9,16,20H,10,12H2,(H,19,21). The average molecular weight is 280 g/mol. The van der Waals surface area contributed by atoms with E-state index in [4.69, 9.17) is 5.26 Å². The maximum atomic E-state index is 12.1. The van der Waals surface area contributed by atoms with Crippen molar-refractivity contribution in [3.8, 4) is 6.07 Å². The van der Waals surface area contributed by atoms with Gasteiger partial charge in [-0.25, -0.2) is 0 Å². The Balaban J connectivity index is 2.00. The lowest BCUT2D eigenvalue weighted by Crippen LogP contribution is -2.39. The van der Waals surface area contributed by atoms with Crippen molar-refractivity contribution in [1.29, 1.82) is 5.26 Å². The zero-order valence-corrected chi connectivity index (χ0v) is 11.5. The van der Waals surface area contributed by atoms with Gasteiger partial charge < -0.3 is 10.4 Å². The Hall–Kier alpha value is -2.64. The minimum atomic E-state index is -0.337. The van der Waals surface area contributed by atoms with E-state index in [1.54, 1.807) is 24.3 Å². The van der Waals surface area contributed by atoms with E-state index in [1.165, 1.54) is 0 Å². The average Bonchev–Trinajstić information content (AvgIpc) is 2.55. The molecule has 0 bridgehead atoms. The maximum absolute atomic E-state index is 12.1. The zero-order chi connectivity index (χ0) is 15.1. The van der Waals surface area contributed by atoms with Crippen molar-refractivity contribution < 1.29 is 9.90 Å². The molecule has 0 radical (unpaired) electrons. The molecule has 1 atom stereocenters. The van der Waals surface area contributed by atoms with Crippen LogP contribution >= 0.6 is 0 Å². The zero-order valence-electron chi connectivity index (χ0n) is 11.5. The number of nitrogens with zero attached hydrogens (tertiary/aromatic N) is 1. The van der Waals surface area contributed by atoms with Crippen LogP contribution in [-0.4, -0.2) is 23.7 Å². The number of aliphatic hydroxyl groups excluding tert-OH is 1. The molecule has 0 saturated carbocycles. The Labute approximate surface area is 123 Å². The molecular weight excluding hydrogens is 264 g/mol. The number of nitrogens with one attached hydrogen (secondary N) is 1. The fraction of sp³-hybridized carbons (Fsp3) is 0.176. The molecule has 2 rings (SSSR count). The third-order valence-electron chi connectivity index (χ3n) is 3.16. The summed E-state index contributed by atoms with van der Waals surface area (Å²) < 4.78 is 0. The summed E-state index contributed by atoms with van der Waals surface area (Å²) in [7, 11) is 0. The molecule has 0 aliphatic rings. The number of aliphatic hydroxyl groups is 1. The summed E-state index contributed by atoms with van der Waals surface area (Å²) in [5.41, 5.74) is 2.03.